The Morgan fingerprint density at radius 3 is 2.55 bits per heavy atom. The number of amidine groups is 1. The van der Waals surface area contributed by atoms with Crippen LogP contribution in [0, 0.1) is 0 Å². The fourth-order valence-electron chi connectivity index (χ4n) is 2.43. The van der Waals surface area contributed by atoms with Crippen LogP contribution < -0.4 is 5.32 Å². The van der Waals surface area contributed by atoms with Gasteiger partial charge >= 0.3 is 0 Å². The van der Waals surface area contributed by atoms with Crippen molar-refractivity contribution in [2.45, 2.75) is 0 Å². The van der Waals surface area contributed by atoms with Crippen LogP contribution >= 0.6 is 0 Å². The predicted molar refractivity (Wildman–Crippen MR) is 84.6 cm³/mol. The summed E-state index contributed by atoms with van der Waals surface area (Å²) in [5, 5.41) is 7.39. The van der Waals surface area contributed by atoms with Gasteiger partial charge in [0.2, 0.25) is 0 Å². The van der Waals surface area contributed by atoms with Gasteiger partial charge in [-0.15, -0.1) is 0 Å². The number of benzene rings is 1. The maximum Gasteiger partial charge on any atom is 0.185 e. The van der Waals surface area contributed by atoms with Gasteiger partial charge in [0.15, 0.2) is 5.76 Å². The molecule has 0 radical (unpaired) electrons. The Morgan fingerprint density at radius 1 is 0.955 bits per heavy atom. The molecule has 3 aromatic rings. The number of hydrogen-bond donors (Lipinski definition) is 1. The van der Waals surface area contributed by atoms with Crippen molar-refractivity contribution in [1.29, 1.82) is 0 Å². The molecule has 0 saturated heterocycles. The molecule has 108 valence electrons. The van der Waals surface area contributed by atoms with E-state index < -0.39 is 0 Å². The molecule has 0 amide bonds. The number of nitrogens with zero attached hydrogens (tertiary/aromatic N) is 3. The molecular formula is C17H14N4O. The van der Waals surface area contributed by atoms with Gasteiger partial charge in [-0.2, -0.15) is 0 Å². The minimum Gasteiger partial charge on any atom is -0.368 e. The summed E-state index contributed by atoms with van der Waals surface area (Å²) in [6, 6.07) is 15.7. The van der Waals surface area contributed by atoms with Crippen molar-refractivity contribution in [1.82, 2.24) is 15.5 Å². The van der Waals surface area contributed by atoms with Crippen molar-refractivity contribution in [3.8, 4) is 22.7 Å². The lowest BCUT2D eigenvalue weighted by Crippen LogP contribution is -2.19. The first kappa shape index (κ1) is 12.8. The fourth-order valence-corrected chi connectivity index (χ4v) is 2.43. The third-order valence-electron chi connectivity index (χ3n) is 3.56. The van der Waals surface area contributed by atoms with E-state index in [-0.39, 0.29) is 0 Å². The van der Waals surface area contributed by atoms with Crippen molar-refractivity contribution < 1.29 is 4.52 Å². The highest BCUT2D eigenvalue weighted by Gasteiger charge is 2.11. The highest BCUT2D eigenvalue weighted by Crippen LogP contribution is 2.24. The summed E-state index contributed by atoms with van der Waals surface area (Å²) in [5.41, 5.74) is 3.68. The monoisotopic (exact) mass is 290 g/mol. The molecular weight excluding hydrogens is 276 g/mol. The number of pyridine rings is 1. The molecule has 0 unspecified atom stereocenters. The Kier molecular flexibility index (Phi) is 3.16. The molecule has 0 saturated carbocycles. The summed E-state index contributed by atoms with van der Waals surface area (Å²) in [5.74, 6) is 1.63. The van der Waals surface area contributed by atoms with E-state index in [9.17, 15) is 0 Å². The van der Waals surface area contributed by atoms with E-state index in [1.54, 1.807) is 6.20 Å². The summed E-state index contributed by atoms with van der Waals surface area (Å²) in [7, 11) is 0. The van der Waals surface area contributed by atoms with Gasteiger partial charge in [0.05, 0.1) is 6.54 Å². The molecule has 22 heavy (non-hydrogen) atoms. The highest BCUT2D eigenvalue weighted by atomic mass is 16.5. The van der Waals surface area contributed by atoms with Crippen LogP contribution in [0.5, 0.6) is 0 Å². The van der Waals surface area contributed by atoms with Gasteiger partial charge in [-0.25, -0.2) is 0 Å². The zero-order valence-electron chi connectivity index (χ0n) is 11.9. The summed E-state index contributed by atoms with van der Waals surface area (Å²) in [4.78, 5) is 8.68. The van der Waals surface area contributed by atoms with E-state index in [0.717, 1.165) is 41.4 Å². The number of aliphatic imine (C=N–C) groups is 1. The number of hydrogen-bond acceptors (Lipinski definition) is 5. The minimum atomic E-state index is 0.668. The third-order valence-corrected chi connectivity index (χ3v) is 3.56. The van der Waals surface area contributed by atoms with Crippen molar-refractivity contribution in [2.24, 2.45) is 4.99 Å². The van der Waals surface area contributed by atoms with Gasteiger partial charge in [-0.05, 0) is 12.1 Å². The van der Waals surface area contributed by atoms with Crippen molar-refractivity contribution in [3.05, 3.63) is 60.3 Å². The Morgan fingerprint density at radius 2 is 1.82 bits per heavy atom. The Balaban J connectivity index is 1.61. The number of nitrogens with one attached hydrogen (secondary N) is 1. The van der Waals surface area contributed by atoms with E-state index in [4.69, 9.17) is 4.52 Å². The lowest BCUT2D eigenvalue weighted by atomic mass is 10.1. The second kappa shape index (κ2) is 5.44. The molecule has 0 aliphatic carbocycles. The number of aromatic nitrogens is 2. The van der Waals surface area contributed by atoms with Gasteiger partial charge < -0.3 is 9.84 Å². The van der Waals surface area contributed by atoms with Crippen LogP contribution in [-0.2, 0) is 0 Å². The Bertz CT molecular complexity index is 806. The third kappa shape index (κ3) is 2.37. The average molecular weight is 290 g/mol. The van der Waals surface area contributed by atoms with E-state index in [1.807, 2.05) is 48.5 Å². The first-order valence-electron chi connectivity index (χ1n) is 7.17. The summed E-state index contributed by atoms with van der Waals surface area (Å²) in [6.45, 7) is 1.75. The Hall–Kier alpha value is -2.95. The van der Waals surface area contributed by atoms with Gasteiger partial charge in [-0.3, -0.25) is 9.98 Å². The topological polar surface area (TPSA) is 63.3 Å². The van der Waals surface area contributed by atoms with Crippen LogP contribution in [0.2, 0.25) is 0 Å². The van der Waals surface area contributed by atoms with Crippen LogP contribution in [0.4, 0.5) is 0 Å². The molecule has 0 atom stereocenters. The second-order valence-electron chi connectivity index (χ2n) is 5.03. The standard InChI is InChI=1S/C17H14N4O/c1-2-8-18-14(3-1)16-11-15(21-22-16)12-4-6-13(7-5-12)17-19-9-10-20-17/h1-8,11H,9-10H2,(H,19,20). The van der Waals surface area contributed by atoms with Gasteiger partial charge in [-0.1, -0.05) is 35.5 Å². The van der Waals surface area contributed by atoms with E-state index in [0.29, 0.717) is 5.76 Å². The molecule has 0 bridgehead atoms. The van der Waals surface area contributed by atoms with Crippen LogP contribution in [0.3, 0.4) is 0 Å². The molecule has 5 heteroatoms. The highest BCUT2D eigenvalue weighted by molar-refractivity contribution is 6.00. The first-order valence-corrected chi connectivity index (χ1v) is 7.17. The smallest absolute Gasteiger partial charge is 0.185 e. The molecule has 0 spiro atoms. The van der Waals surface area contributed by atoms with Gasteiger partial charge in [0.1, 0.15) is 17.2 Å². The molecule has 5 nitrogen and oxygen atoms in total. The molecule has 3 heterocycles. The molecule has 1 aromatic carbocycles. The molecule has 1 N–H and O–H groups in total. The second-order valence-corrected chi connectivity index (χ2v) is 5.03. The molecule has 2 aromatic heterocycles. The SMILES string of the molecule is c1ccc(-c2cc(-c3ccc(C4=NCCN4)cc3)no2)nc1. The zero-order chi connectivity index (χ0) is 14.8. The van der Waals surface area contributed by atoms with Gasteiger partial charge in [0, 0.05) is 29.9 Å². The van der Waals surface area contributed by atoms with E-state index >= 15 is 0 Å². The quantitative estimate of drug-likeness (QED) is 0.805. The molecule has 1 aliphatic rings. The van der Waals surface area contributed by atoms with E-state index in [2.05, 4.69) is 20.4 Å². The number of rotatable bonds is 3. The Labute approximate surface area is 127 Å². The van der Waals surface area contributed by atoms with Crippen LogP contribution in [0.25, 0.3) is 22.7 Å². The predicted octanol–water partition coefficient (Wildman–Crippen LogP) is 2.75. The van der Waals surface area contributed by atoms with Crippen LogP contribution in [0.15, 0.2) is 64.2 Å². The first-order chi connectivity index (χ1) is 10.9. The van der Waals surface area contributed by atoms with Crippen molar-refractivity contribution in [2.75, 3.05) is 13.1 Å². The lowest BCUT2D eigenvalue weighted by Gasteiger charge is -2.02. The summed E-state index contributed by atoms with van der Waals surface area (Å²) >= 11 is 0. The molecule has 0 fully saturated rings. The lowest BCUT2D eigenvalue weighted by molar-refractivity contribution is 0.433. The van der Waals surface area contributed by atoms with Crippen LogP contribution in [-0.4, -0.2) is 29.1 Å². The zero-order valence-corrected chi connectivity index (χ0v) is 11.9. The molecule has 1 aliphatic heterocycles. The minimum absolute atomic E-state index is 0.668. The van der Waals surface area contributed by atoms with Crippen molar-refractivity contribution >= 4 is 5.84 Å². The van der Waals surface area contributed by atoms with Crippen molar-refractivity contribution in [3.63, 3.8) is 0 Å². The van der Waals surface area contributed by atoms with Gasteiger partial charge in [0.25, 0.3) is 0 Å². The van der Waals surface area contributed by atoms with Crippen LogP contribution in [0.1, 0.15) is 5.56 Å². The maximum atomic E-state index is 5.39. The normalized spacial score (nSPS) is 13.7. The van der Waals surface area contributed by atoms with E-state index in [1.165, 1.54) is 0 Å². The summed E-state index contributed by atoms with van der Waals surface area (Å²) in [6.07, 6.45) is 1.74. The largest absolute Gasteiger partial charge is 0.368 e. The maximum absolute atomic E-state index is 5.39. The average Bonchev–Trinajstić information content (AvgIpc) is 3.28. The molecule has 4 rings (SSSR count). The summed E-state index contributed by atoms with van der Waals surface area (Å²) < 4.78 is 5.39. The fraction of sp³-hybridized carbons (Fsp3) is 0.118.